The lowest BCUT2D eigenvalue weighted by molar-refractivity contribution is 0.529. The molecular formula is C29H19NO2. The third-order valence-electron chi connectivity index (χ3n) is 5.74. The maximum Gasteiger partial charge on any atom is 0.190 e. The third-order valence-corrected chi connectivity index (χ3v) is 5.74. The fourth-order valence-electron chi connectivity index (χ4n) is 4.30. The standard InChI is InChI=1S/C29H19NO2/c1-3-10-20(11-4-1)22-16-9-17-23(21-12-5-2-6-13-21)27(22)29-25-15-8-7-14-24(25)28(32-29)26-18-30-19-31-26/h1-19H. The summed E-state index contributed by atoms with van der Waals surface area (Å²) in [7, 11) is 0. The van der Waals surface area contributed by atoms with Crippen molar-refractivity contribution >= 4 is 10.8 Å². The Labute approximate surface area is 185 Å². The second kappa shape index (κ2) is 7.71. The monoisotopic (exact) mass is 413 g/mol. The lowest BCUT2D eigenvalue weighted by Gasteiger charge is -2.14. The van der Waals surface area contributed by atoms with E-state index in [0.717, 1.165) is 44.3 Å². The average Bonchev–Trinajstić information content (AvgIpc) is 3.53. The van der Waals surface area contributed by atoms with E-state index < -0.39 is 0 Å². The fourth-order valence-corrected chi connectivity index (χ4v) is 4.30. The van der Waals surface area contributed by atoms with E-state index in [-0.39, 0.29) is 0 Å². The molecule has 0 N–H and O–H groups in total. The van der Waals surface area contributed by atoms with Gasteiger partial charge in [-0.15, -0.1) is 0 Å². The second-order valence-corrected chi connectivity index (χ2v) is 7.63. The predicted molar refractivity (Wildman–Crippen MR) is 128 cm³/mol. The second-order valence-electron chi connectivity index (χ2n) is 7.63. The first-order valence-corrected chi connectivity index (χ1v) is 10.5. The molecule has 6 rings (SSSR count). The van der Waals surface area contributed by atoms with E-state index >= 15 is 0 Å². The van der Waals surface area contributed by atoms with E-state index in [9.17, 15) is 0 Å². The van der Waals surface area contributed by atoms with Crippen LogP contribution < -0.4 is 0 Å². The van der Waals surface area contributed by atoms with Crippen molar-refractivity contribution in [3.8, 4) is 45.1 Å². The molecule has 0 aliphatic heterocycles. The zero-order valence-electron chi connectivity index (χ0n) is 17.2. The number of hydrogen-bond donors (Lipinski definition) is 0. The molecule has 0 saturated heterocycles. The SMILES string of the molecule is c1ccc(-c2cccc(-c3ccccc3)c2-c2oc(-c3cnco3)c3ccccc23)cc1. The molecule has 32 heavy (non-hydrogen) atoms. The molecule has 0 saturated carbocycles. The van der Waals surface area contributed by atoms with Crippen LogP contribution in [0.5, 0.6) is 0 Å². The topological polar surface area (TPSA) is 39.2 Å². The minimum Gasteiger partial charge on any atom is -0.451 e. The first kappa shape index (κ1) is 18.4. The zero-order chi connectivity index (χ0) is 21.3. The van der Waals surface area contributed by atoms with Crippen LogP contribution in [0.15, 0.2) is 125 Å². The Balaban J connectivity index is 1.72. The van der Waals surface area contributed by atoms with Gasteiger partial charge in [0, 0.05) is 16.3 Å². The summed E-state index contributed by atoms with van der Waals surface area (Å²) in [4.78, 5) is 4.09. The Bertz CT molecular complexity index is 1440. The molecule has 0 amide bonds. The number of nitrogens with zero attached hydrogens (tertiary/aromatic N) is 1. The molecule has 0 fully saturated rings. The Kier molecular flexibility index (Phi) is 4.43. The van der Waals surface area contributed by atoms with Gasteiger partial charge in [-0.25, -0.2) is 4.98 Å². The Morgan fingerprint density at radius 2 is 1.09 bits per heavy atom. The van der Waals surface area contributed by atoms with Gasteiger partial charge in [0.05, 0.1) is 6.20 Å². The number of oxazole rings is 1. The summed E-state index contributed by atoms with van der Waals surface area (Å²) < 4.78 is 12.2. The lowest BCUT2D eigenvalue weighted by Crippen LogP contribution is -1.89. The maximum absolute atomic E-state index is 6.59. The van der Waals surface area contributed by atoms with E-state index in [1.807, 2.05) is 24.3 Å². The molecule has 0 aliphatic carbocycles. The molecule has 0 radical (unpaired) electrons. The van der Waals surface area contributed by atoms with Gasteiger partial charge in [-0.2, -0.15) is 0 Å². The summed E-state index contributed by atoms with van der Waals surface area (Å²) in [6.45, 7) is 0. The van der Waals surface area contributed by atoms with Gasteiger partial charge in [0.25, 0.3) is 0 Å². The molecule has 0 bridgehead atoms. The molecule has 2 heterocycles. The van der Waals surface area contributed by atoms with Crippen LogP contribution in [-0.4, -0.2) is 4.98 Å². The van der Waals surface area contributed by atoms with Crippen molar-refractivity contribution in [2.75, 3.05) is 0 Å². The van der Waals surface area contributed by atoms with Gasteiger partial charge in [0.2, 0.25) is 0 Å². The van der Waals surface area contributed by atoms with Crippen LogP contribution in [-0.2, 0) is 0 Å². The predicted octanol–water partition coefficient (Wildman–Crippen LogP) is 8.09. The highest BCUT2D eigenvalue weighted by Crippen LogP contribution is 2.46. The summed E-state index contributed by atoms with van der Waals surface area (Å²) in [6, 6.07) is 35.5. The molecule has 0 aliphatic rings. The van der Waals surface area contributed by atoms with E-state index in [1.54, 1.807) is 6.20 Å². The molecule has 6 aromatic rings. The minimum atomic E-state index is 0.617. The number of furan rings is 1. The molecule has 4 aromatic carbocycles. The van der Waals surface area contributed by atoms with Crippen LogP contribution in [0.3, 0.4) is 0 Å². The molecule has 0 atom stereocenters. The highest BCUT2D eigenvalue weighted by molar-refractivity contribution is 6.07. The van der Waals surface area contributed by atoms with Gasteiger partial charge in [0.15, 0.2) is 17.9 Å². The summed E-state index contributed by atoms with van der Waals surface area (Å²) >= 11 is 0. The van der Waals surface area contributed by atoms with Gasteiger partial charge in [-0.3, -0.25) is 0 Å². The Morgan fingerprint density at radius 3 is 1.66 bits per heavy atom. The molecular weight excluding hydrogens is 394 g/mol. The Morgan fingerprint density at radius 1 is 0.531 bits per heavy atom. The molecule has 3 heteroatoms. The quantitative estimate of drug-likeness (QED) is 0.293. The molecule has 152 valence electrons. The van der Waals surface area contributed by atoms with E-state index in [4.69, 9.17) is 8.83 Å². The number of benzene rings is 4. The van der Waals surface area contributed by atoms with Crippen molar-refractivity contribution in [1.29, 1.82) is 0 Å². The number of hydrogen-bond acceptors (Lipinski definition) is 3. The van der Waals surface area contributed by atoms with Crippen LogP contribution >= 0.6 is 0 Å². The first-order valence-electron chi connectivity index (χ1n) is 10.5. The van der Waals surface area contributed by atoms with Crippen molar-refractivity contribution < 1.29 is 8.83 Å². The molecule has 2 aromatic heterocycles. The lowest BCUT2D eigenvalue weighted by atomic mass is 9.89. The molecule has 0 unspecified atom stereocenters. The third kappa shape index (κ3) is 3.03. The van der Waals surface area contributed by atoms with E-state index in [0.29, 0.717) is 11.5 Å². The number of fused-ring (bicyclic) bond motifs is 1. The maximum atomic E-state index is 6.59. The minimum absolute atomic E-state index is 0.617. The largest absolute Gasteiger partial charge is 0.451 e. The molecule has 0 spiro atoms. The van der Waals surface area contributed by atoms with E-state index in [2.05, 4.69) is 83.8 Å². The highest BCUT2D eigenvalue weighted by atomic mass is 16.4. The van der Waals surface area contributed by atoms with Crippen molar-refractivity contribution in [1.82, 2.24) is 4.98 Å². The van der Waals surface area contributed by atoms with Crippen LogP contribution in [0.2, 0.25) is 0 Å². The van der Waals surface area contributed by atoms with Gasteiger partial charge in [0.1, 0.15) is 5.76 Å². The average molecular weight is 413 g/mol. The normalized spacial score (nSPS) is 11.1. The van der Waals surface area contributed by atoms with Crippen molar-refractivity contribution in [2.45, 2.75) is 0 Å². The van der Waals surface area contributed by atoms with Gasteiger partial charge in [-0.05, 0) is 22.3 Å². The van der Waals surface area contributed by atoms with Gasteiger partial charge < -0.3 is 8.83 Å². The summed E-state index contributed by atoms with van der Waals surface area (Å²) in [5.41, 5.74) is 5.59. The van der Waals surface area contributed by atoms with Crippen molar-refractivity contribution in [3.63, 3.8) is 0 Å². The number of aromatic nitrogens is 1. The van der Waals surface area contributed by atoms with Crippen molar-refractivity contribution in [2.24, 2.45) is 0 Å². The summed E-state index contributed by atoms with van der Waals surface area (Å²) in [5, 5.41) is 2.04. The zero-order valence-corrected chi connectivity index (χ0v) is 17.2. The Hall–Kier alpha value is -4.37. The summed E-state index contributed by atoms with van der Waals surface area (Å²) in [5.74, 6) is 2.13. The smallest absolute Gasteiger partial charge is 0.190 e. The summed E-state index contributed by atoms with van der Waals surface area (Å²) in [6.07, 6.45) is 3.12. The van der Waals surface area contributed by atoms with Gasteiger partial charge >= 0.3 is 0 Å². The van der Waals surface area contributed by atoms with Crippen LogP contribution in [0.1, 0.15) is 0 Å². The van der Waals surface area contributed by atoms with Crippen LogP contribution in [0.4, 0.5) is 0 Å². The number of rotatable bonds is 4. The molecule has 3 nitrogen and oxygen atoms in total. The van der Waals surface area contributed by atoms with Crippen LogP contribution in [0, 0.1) is 0 Å². The van der Waals surface area contributed by atoms with Crippen LogP contribution in [0.25, 0.3) is 55.9 Å². The van der Waals surface area contributed by atoms with Gasteiger partial charge in [-0.1, -0.05) is 103 Å². The van der Waals surface area contributed by atoms with E-state index in [1.165, 1.54) is 6.39 Å². The highest BCUT2D eigenvalue weighted by Gasteiger charge is 2.23. The van der Waals surface area contributed by atoms with Crippen molar-refractivity contribution in [3.05, 3.63) is 116 Å². The fraction of sp³-hybridized carbons (Fsp3) is 0. The first-order chi connectivity index (χ1) is 15.9.